The molecular formula is C25H33NO2. The standard InChI is InChI=1S/C25H33NO2/c1-17(20-11-10-19-8-6-7-9-21(19)16-20)26-24(27)18(2)28-23-14-12-22(13-15-23)25(3,4)5/h10-18H,6-9H2,1-5H3,(H,26,27). The van der Waals surface area contributed by atoms with E-state index in [1.807, 2.05) is 19.1 Å². The van der Waals surface area contributed by atoms with Crippen molar-refractivity contribution in [3.8, 4) is 5.75 Å². The van der Waals surface area contributed by atoms with Crippen LogP contribution in [0.1, 0.15) is 75.8 Å². The molecule has 1 aliphatic rings. The van der Waals surface area contributed by atoms with Gasteiger partial charge in [-0.15, -0.1) is 0 Å². The lowest BCUT2D eigenvalue weighted by Crippen LogP contribution is -2.37. The van der Waals surface area contributed by atoms with Crippen molar-refractivity contribution in [1.29, 1.82) is 0 Å². The van der Waals surface area contributed by atoms with Crippen molar-refractivity contribution in [3.63, 3.8) is 0 Å². The highest BCUT2D eigenvalue weighted by atomic mass is 16.5. The Balaban J connectivity index is 1.59. The van der Waals surface area contributed by atoms with E-state index in [9.17, 15) is 4.79 Å². The molecule has 2 unspecified atom stereocenters. The quantitative estimate of drug-likeness (QED) is 0.744. The first kappa shape index (κ1) is 20.4. The van der Waals surface area contributed by atoms with E-state index in [-0.39, 0.29) is 17.4 Å². The molecule has 0 aromatic heterocycles. The summed E-state index contributed by atoms with van der Waals surface area (Å²) in [5.41, 5.74) is 5.41. The van der Waals surface area contributed by atoms with Crippen LogP contribution in [0.15, 0.2) is 42.5 Å². The number of carbonyl (C=O) groups is 1. The maximum atomic E-state index is 12.6. The van der Waals surface area contributed by atoms with Crippen LogP contribution in [-0.4, -0.2) is 12.0 Å². The largest absolute Gasteiger partial charge is 0.481 e. The van der Waals surface area contributed by atoms with Crippen LogP contribution < -0.4 is 10.1 Å². The lowest BCUT2D eigenvalue weighted by molar-refractivity contribution is -0.127. The first-order chi connectivity index (χ1) is 13.2. The minimum atomic E-state index is -0.541. The van der Waals surface area contributed by atoms with Gasteiger partial charge in [-0.1, -0.05) is 51.1 Å². The van der Waals surface area contributed by atoms with E-state index in [1.54, 1.807) is 6.92 Å². The van der Waals surface area contributed by atoms with Crippen molar-refractivity contribution >= 4 is 5.91 Å². The van der Waals surface area contributed by atoms with Gasteiger partial charge in [-0.05, 0) is 79.3 Å². The van der Waals surface area contributed by atoms with Crippen molar-refractivity contribution in [3.05, 3.63) is 64.7 Å². The second kappa shape index (κ2) is 8.38. The lowest BCUT2D eigenvalue weighted by Gasteiger charge is -2.22. The van der Waals surface area contributed by atoms with Gasteiger partial charge in [0.05, 0.1) is 6.04 Å². The Kier molecular flexibility index (Phi) is 6.12. The van der Waals surface area contributed by atoms with Crippen molar-refractivity contribution in [1.82, 2.24) is 5.32 Å². The molecule has 0 radical (unpaired) electrons. The summed E-state index contributed by atoms with van der Waals surface area (Å²) in [7, 11) is 0. The molecule has 2 atom stereocenters. The smallest absolute Gasteiger partial charge is 0.261 e. The molecule has 1 amide bonds. The zero-order chi connectivity index (χ0) is 20.3. The maximum Gasteiger partial charge on any atom is 0.261 e. The predicted molar refractivity (Wildman–Crippen MR) is 115 cm³/mol. The highest BCUT2D eigenvalue weighted by Gasteiger charge is 2.20. The summed E-state index contributed by atoms with van der Waals surface area (Å²) in [4.78, 5) is 12.6. The predicted octanol–water partition coefficient (Wildman–Crippen LogP) is 5.51. The minimum absolute atomic E-state index is 0.0333. The third-order valence-corrected chi connectivity index (χ3v) is 5.63. The van der Waals surface area contributed by atoms with E-state index in [1.165, 1.54) is 36.0 Å². The number of fused-ring (bicyclic) bond motifs is 1. The molecule has 0 saturated carbocycles. The molecule has 2 aromatic carbocycles. The van der Waals surface area contributed by atoms with Gasteiger partial charge in [-0.3, -0.25) is 4.79 Å². The van der Waals surface area contributed by atoms with Crippen LogP contribution in [0.5, 0.6) is 5.75 Å². The molecule has 1 N–H and O–H groups in total. The van der Waals surface area contributed by atoms with Crippen molar-refractivity contribution < 1.29 is 9.53 Å². The molecule has 0 saturated heterocycles. The number of benzene rings is 2. The molecule has 0 bridgehead atoms. The highest BCUT2D eigenvalue weighted by molar-refractivity contribution is 5.81. The molecule has 0 aliphatic heterocycles. The highest BCUT2D eigenvalue weighted by Crippen LogP contribution is 2.26. The van der Waals surface area contributed by atoms with Gasteiger partial charge in [0.2, 0.25) is 0 Å². The lowest BCUT2D eigenvalue weighted by atomic mass is 9.87. The van der Waals surface area contributed by atoms with E-state index >= 15 is 0 Å². The SMILES string of the molecule is CC(Oc1ccc(C(C)(C)C)cc1)C(=O)NC(C)c1ccc2c(c1)CCCC2. The molecule has 0 heterocycles. The number of amides is 1. The van der Waals surface area contributed by atoms with Crippen molar-refractivity contribution in [2.75, 3.05) is 0 Å². The fraction of sp³-hybridized carbons (Fsp3) is 0.480. The van der Waals surface area contributed by atoms with Crippen molar-refractivity contribution in [2.45, 2.75) is 77.9 Å². The van der Waals surface area contributed by atoms with Gasteiger partial charge >= 0.3 is 0 Å². The zero-order valence-electron chi connectivity index (χ0n) is 17.8. The third kappa shape index (κ3) is 4.95. The Bertz CT molecular complexity index is 817. The van der Waals surface area contributed by atoms with Gasteiger partial charge in [0.15, 0.2) is 6.10 Å². The van der Waals surface area contributed by atoms with E-state index in [0.29, 0.717) is 0 Å². The van der Waals surface area contributed by atoms with Gasteiger partial charge in [-0.25, -0.2) is 0 Å². The van der Waals surface area contributed by atoms with E-state index in [2.05, 4.69) is 56.4 Å². The molecule has 0 fully saturated rings. The number of nitrogens with one attached hydrogen (secondary N) is 1. The summed E-state index contributed by atoms with van der Waals surface area (Å²) in [6, 6.07) is 14.6. The second-order valence-corrected chi connectivity index (χ2v) is 9.00. The van der Waals surface area contributed by atoms with E-state index < -0.39 is 6.10 Å². The Hall–Kier alpha value is -2.29. The number of hydrogen-bond acceptors (Lipinski definition) is 2. The average Bonchev–Trinajstić information content (AvgIpc) is 2.67. The number of hydrogen-bond donors (Lipinski definition) is 1. The summed E-state index contributed by atoms with van der Waals surface area (Å²) in [5, 5.41) is 3.09. The molecule has 2 aromatic rings. The van der Waals surface area contributed by atoms with Gasteiger partial charge in [0, 0.05) is 0 Å². The van der Waals surface area contributed by atoms with Gasteiger partial charge < -0.3 is 10.1 Å². The Morgan fingerprint density at radius 3 is 2.25 bits per heavy atom. The molecule has 1 aliphatic carbocycles. The van der Waals surface area contributed by atoms with Crippen LogP contribution in [0.3, 0.4) is 0 Å². The molecular weight excluding hydrogens is 346 g/mol. The number of aryl methyl sites for hydroxylation is 2. The maximum absolute atomic E-state index is 12.6. The zero-order valence-corrected chi connectivity index (χ0v) is 17.8. The summed E-state index contributed by atoms with van der Waals surface area (Å²) in [6.07, 6.45) is 4.32. The first-order valence-electron chi connectivity index (χ1n) is 10.4. The van der Waals surface area contributed by atoms with Gasteiger partial charge in [-0.2, -0.15) is 0 Å². The van der Waals surface area contributed by atoms with Crippen molar-refractivity contribution in [2.24, 2.45) is 0 Å². The van der Waals surface area contributed by atoms with E-state index in [0.717, 1.165) is 17.7 Å². The monoisotopic (exact) mass is 379 g/mol. The summed E-state index contributed by atoms with van der Waals surface area (Å²) >= 11 is 0. The molecule has 3 rings (SSSR count). The Labute approximate surface area is 169 Å². The normalized spacial score (nSPS) is 16.0. The van der Waals surface area contributed by atoms with Crippen LogP contribution in [0.4, 0.5) is 0 Å². The molecule has 3 nitrogen and oxygen atoms in total. The summed E-state index contributed by atoms with van der Waals surface area (Å²) < 4.78 is 5.86. The fourth-order valence-corrected chi connectivity index (χ4v) is 3.73. The van der Waals surface area contributed by atoms with E-state index in [4.69, 9.17) is 4.74 Å². The van der Waals surface area contributed by atoms with Crippen LogP contribution in [0.2, 0.25) is 0 Å². The Morgan fingerprint density at radius 2 is 1.61 bits per heavy atom. The third-order valence-electron chi connectivity index (χ3n) is 5.63. The van der Waals surface area contributed by atoms with Crippen LogP contribution in [-0.2, 0) is 23.1 Å². The summed E-state index contributed by atoms with van der Waals surface area (Å²) in [5.74, 6) is 0.627. The molecule has 28 heavy (non-hydrogen) atoms. The Morgan fingerprint density at radius 1 is 0.964 bits per heavy atom. The number of carbonyl (C=O) groups excluding carboxylic acids is 1. The number of rotatable bonds is 5. The van der Waals surface area contributed by atoms with Gasteiger partial charge in [0.25, 0.3) is 5.91 Å². The topological polar surface area (TPSA) is 38.3 Å². The molecule has 0 spiro atoms. The van der Waals surface area contributed by atoms with Crippen LogP contribution in [0, 0.1) is 0 Å². The fourth-order valence-electron chi connectivity index (χ4n) is 3.73. The molecule has 150 valence electrons. The van der Waals surface area contributed by atoms with Crippen LogP contribution >= 0.6 is 0 Å². The number of ether oxygens (including phenoxy) is 1. The minimum Gasteiger partial charge on any atom is -0.481 e. The van der Waals surface area contributed by atoms with Gasteiger partial charge in [0.1, 0.15) is 5.75 Å². The molecule has 3 heteroatoms. The summed E-state index contributed by atoms with van der Waals surface area (Å²) in [6.45, 7) is 10.4. The first-order valence-corrected chi connectivity index (χ1v) is 10.4. The second-order valence-electron chi connectivity index (χ2n) is 9.00. The average molecular weight is 380 g/mol. The van der Waals surface area contributed by atoms with Crippen LogP contribution in [0.25, 0.3) is 0 Å².